The number of nitrogens with one attached hydrogen (secondary N) is 1. The van der Waals surface area contributed by atoms with Crippen LogP contribution in [0.1, 0.15) is 31.7 Å². The third-order valence-corrected chi connectivity index (χ3v) is 3.18. The lowest BCUT2D eigenvalue weighted by molar-refractivity contribution is 0.497. The number of likely N-dealkylation sites (N-methyl/N-ethyl adjacent to an activating group) is 1. The summed E-state index contributed by atoms with van der Waals surface area (Å²) in [5, 5.41) is 3.29. The molecule has 0 heterocycles. The Labute approximate surface area is 106 Å². The molecule has 0 aromatic heterocycles. The molecule has 90 valence electrons. The molecule has 0 aliphatic heterocycles. The number of hydrogen-bond acceptors (Lipinski definition) is 1. The minimum Gasteiger partial charge on any atom is -0.317 e. The van der Waals surface area contributed by atoms with Crippen molar-refractivity contribution in [1.82, 2.24) is 5.32 Å². The number of rotatable bonds is 6. The summed E-state index contributed by atoms with van der Waals surface area (Å²) in [7, 11) is 1.97. The van der Waals surface area contributed by atoms with E-state index < -0.39 is 0 Å². The summed E-state index contributed by atoms with van der Waals surface area (Å²) >= 11 is 3.32. The molecule has 1 rings (SSSR count). The zero-order valence-electron chi connectivity index (χ0n) is 9.89. The number of hydrogen-bond donors (Lipinski definition) is 1. The summed E-state index contributed by atoms with van der Waals surface area (Å²) in [5.74, 6) is -0.172. The van der Waals surface area contributed by atoms with Gasteiger partial charge in [0, 0.05) is 10.5 Å². The molecule has 0 spiro atoms. The van der Waals surface area contributed by atoms with Crippen LogP contribution < -0.4 is 5.32 Å². The van der Waals surface area contributed by atoms with Crippen molar-refractivity contribution in [2.75, 3.05) is 7.05 Å². The summed E-state index contributed by atoms with van der Waals surface area (Å²) in [4.78, 5) is 0. The van der Waals surface area contributed by atoms with Gasteiger partial charge in [-0.15, -0.1) is 0 Å². The maximum absolute atomic E-state index is 13.2. The Morgan fingerprint density at radius 2 is 2.12 bits per heavy atom. The van der Waals surface area contributed by atoms with Gasteiger partial charge in [-0.3, -0.25) is 0 Å². The van der Waals surface area contributed by atoms with Gasteiger partial charge in [0.15, 0.2) is 0 Å². The van der Waals surface area contributed by atoms with E-state index in [-0.39, 0.29) is 5.82 Å². The number of benzene rings is 1. The standard InChI is InChI=1S/C13H19BrFN/c1-3-4-5-13(16-2)8-10-6-11(14)9-12(15)7-10/h6-7,9,13,16H,3-5,8H2,1-2H3. The van der Waals surface area contributed by atoms with Gasteiger partial charge in [-0.05, 0) is 43.7 Å². The molecule has 3 heteroatoms. The lowest BCUT2D eigenvalue weighted by Crippen LogP contribution is -2.27. The van der Waals surface area contributed by atoms with Gasteiger partial charge in [-0.25, -0.2) is 4.39 Å². The Morgan fingerprint density at radius 1 is 1.38 bits per heavy atom. The van der Waals surface area contributed by atoms with Crippen LogP contribution in [0.5, 0.6) is 0 Å². The average molecular weight is 288 g/mol. The Hall–Kier alpha value is -0.410. The first-order chi connectivity index (χ1) is 7.65. The second kappa shape index (κ2) is 7.02. The average Bonchev–Trinajstić information content (AvgIpc) is 2.22. The molecule has 0 saturated heterocycles. The minimum atomic E-state index is -0.172. The molecule has 1 unspecified atom stereocenters. The molecule has 1 atom stereocenters. The van der Waals surface area contributed by atoms with Crippen LogP contribution in [0.3, 0.4) is 0 Å². The molecule has 0 aliphatic carbocycles. The fourth-order valence-corrected chi connectivity index (χ4v) is 2.33. The van der Waals surface area contributed by atoms with Gasteiger partial charge in [0.2, 0.25) is 0 Å². The normalized spacial score (nSPS) is 12.8. The number of halogens is 2. The highest BCUT2D eigenvalue weighted by Gasteiger charge is 2.08. The SMILES string of the molecule is CCCCC(Cc1cc(F)cc(Br)c1)NC. The molecule has 1 aromatic carbocycles. The Bertz CT molecular complexity index is 307. The van der Waals surface area contributed by atoms with Gasteiger partial charge in [-0.1, -0.05) is 35.7 Å². The van der Waals surface area contributed by atoms with E-state index in [1.165, 1.54) is 18.9 Å². The van der Waals surface area contributed by atoms with E-state index in [1.807, 2.05) is 13.1 Å². The predicted molar refractivity (Wildman–Crippen MR) is 70.2 cm³/mol. The van der Waals surface area contributed by atoms with Crippen molar-refractivity contribution in [2.45, 2.75) is 38.6 Å². The first-order valence-corrected chi connectivity index (χ1v) is 6.57. The summed E-state index contributed by atoms with van der Waals surface area (Å²) in [6.07, 6.45) is 4.43. The predicted octanol–water partition coefficient (Wildman–Crippen LogP) is 3.91. The summed E-state index contributed by atoms with van der Waals surface area (Å²) < 4.78 is 14.0. The van der Waals surface area contributed by atoms with E-state index in [4.69, 9.17) is 0 Å². The van der Waals surface area contributed by atoms with Crippen LogP contribution >= 0.6 is 15.9 Å². The van der Waals surface area contributed by atoms with E-state index in [2.05, 4.69) is 28.2 Å². The molecule has 0 bridgehead atoms. The van der Waals surface area contributed by atoms with Crippen LogP contribution in [-0.4, -0.2) is 13.1 Å². The molecule has 0 aliphatic rings. The molecule has 1 nitrogen and oxygen atoms in total. The van der Waals surface area contributed by atoms with Gasteiger partial charge in [0.05, 0.1) is 0 Å². The van der Waals surface area contributed by atoms with Crippen LogP contribution in [0.15, 0.2) is 22.7 Å². The Kier molecular flexibility index (Phi) is 5.99. The van der Waals surface area contributed by atoms with E-state index in [9.17, 15) is 4.39 Å². The van der Waals surface area contributed by atoms with Crippen LogP contribution in [0.4, 0.5) is 4.39 Å². The molecule has 0 radical (unpaired) electrons. The van der Waals surface area contributed by atoms with Crippen LogP contribution in [0.25, 0.3) is 0 Å². The zero-order valence-corrected chi connectivity index (χ0v) is 11.5. The van der Waals surface area contributed by atoms with E-state index in [1.54, 1.807) is 6.07 Å². The molecular weight excluding hydrogens is 269 g/mol. The van der Waals surface area contributed by atoms with Gasteiger partial charge in [-0.2, -0.15) is 0 Å². The fourth-order valence-electron chi connectivity index (χ4n) is 1.81. The molecule has 16 heavy (non-hydrogen) atoms. The van der Waals surface area contributed by atoms with Gasteiger partial charge >= 0.3 is 0 Å². The highest BCUT2D eigenvalue weighted by Crippen LogP contribution is 2.17. The zero-order chi connectivity index (χ0) is 12.0. The van der Waals surface area contributed by atoms with Crippen LogP contribution in [0, 0.1) is 5.82 Å². The van der Waals surface area contributed by atoms with Crippen molar-refractivity contribution in [3.05, 3.63) is 34.1 Å². The molecule has 0 saturated carbocycles. The minimum absolute atomic E-state index is 0.172. The van der Waals surface area contributed by atoms with E-state index in [0.717, 1.165) is 22.9 Å². The Morgan fingerprint density at radius 3 is 2.69 bits per heavy atom. The highest BCUT2D eigenvalue weighted by molar-refractivity contribution is 9.10. The quantitative estimate of drug-likeness (QED) is 0.837. The fraction of sp³-hybridized carbons (Fsp3) is 0.538. The second-order valence-corrected chi connectivity index (χ2v) is 5.03. The monoisotopic (exact) mass is 287 g/mol. The van der Waals surface area contributed by atoms with Gasteiger partial charge < -0.3 is 5.32 Å². The third kappa shape index (κ3) is 4.62. The third-order valence-electron chi connectivity index (χ3n) is 2.72. The Balaban J connectivity index is 2.62. The molecule has 0 fully saturated rings. The maximum Gasteiger partial charge on any atom is 0.124 e. The second-order valence-electron chi connectivity index (χ2n) is 4.11. The van der Waals surface area contributed by atoms with Crippen molar-refractivity contribution in [1.29, 1.82) is 0 Å². The van der Waals surface area contributed by atoms with E-state index in [0.29, 0.717) is 6.04 Å². The van der Waals surface area contributed by atoms with Crippen molar-refractivity contribution in [3.8, 4) is 0 Å². The number of unbranched alkanes of at least 4 members (excludes halogenated alkanes) is 1. The first kappa shape index (κ1) is 13.7. The van der Waals surface area contributed by atoms with Crippen molar-refractivity contribution in [3.63, 3.8) is 0 Å². The van der Waals surface area contributed by atoms with Crippen molar-refractivity contribution < 1.29 is 4.39 Å². The molecule has 1 aromatic rings. The van der Waals surface area contributed by atoms with E-state index >= 15 is 0 Å². The van der Waals surface area contributed by atoms with Gasteiger partial charge in [0.1, 0.15) is 5.82 Å². The van der Waals surface area contributed by atoms with Crippen molar-refractivity contribution >= 4 is 15.9 Å². The summed E-state index contributed by atoms with van der Waals surface area (Å²) in [5.41, 5.74) is 1.04. The largest absolute Gasteiger partial charge is 0.317 e. The lowest BCUT2D eigenvalue weighted by Gasteiger charge is -2.16. The smallest absolute Gasteiger partial charge is 0.124 e. The maximum atomic E-state index is 13.2. The van der Waals surface area contributed by atoms with Crippen LogP contribution in [0.2, 0.25) is 0 Å². The molecule has 0 amide bonds. The molecular formula is C13H19BrFN. The molecule has 1 N–H and O–H groups in total. The van der Waals surface area contributed by atoms with Crippen LogP contribution in [-0.2, 0) is 6.42 Å². The highest BCUT2D eigenvalue weighted by atomic mass is 79.9. The topological polar surface area (TPSA) is 12.0 Å². The summed E-state index contributed by atoms with van der Waals surface area (Å²) in [6.45, 7) is 2.19. The van der Waals surface area contributed by atoms with Crippen molar-refractivity contribution in [2.24, 2.45) is 0 Å². The van der Waals surface area contributed by atoms with Gasteiger partial charge in [0.25, 0.3) is 0 Å². The first-order valence-electron chi connectivity index (χ1n) is 5.78. The lowest BCUT2D eigenvalue weighted by atomic mass is 10.0. The summed E-state index contributed by atoms with van der Waals surface area (Å²) in [6, 6.07) is 5.53.